The number of carbonyl (C=O) groups is 1. The Kier molecular flexibility index (Phi) is 10.3. The third kappa shape index (κ3) is 5.76. The number of H-pyrrole nitrogens is 1. The molecule has 1 aromatic carbocycles. The van der Waals surface area contributed by atoms with Gasteiger partial charge in [0.2, 0.25) is 0 Å². The summed E-state index contributed by atoms with van der Waals surface area (Å²) in [6.45, 7) is 10.2. The zero-order valence-electron chi connectivity index (χ0n) is 21.5. The predicted octanol–water partition coefficient (Wildman–Crippen LogP) is 4.31. The van der Waals surface area contributed by atoms with Gasteiger partial charge in [-0.15, -0.1) is 0 Å². The number of carbonyl (C=O) groups excluding carboxylic acids is 1. The van der Waals surface area contributed by atoms with Crippen LogP contribution >= 0.6 is 0 Å². The largest absolute Gasteiger partial charge is 0.455 e. The van der Waals surface area contributed by atoms with Crippen LogP contribution in [0.5, 0.6) is 5.75 Å². The molecule has 3 aromatic rings. The van der Waals surface area contributed by atoms with Crippen LogP contribution in [0.3, 0.4) is 0 Å². The van der Waals surface area contributed by atoms with Gasteiger partial charge in [0.1, 0.15) is 5.75 Å². The Morgan fingerprint density at radius 2 is 1.88 bits per heavy atom. The van der Waals surface area contributed by atoms with Crippen LogP contribution in [0, 0.1) is 25.2 Å². The molecule has 1 atom stereocenters. The maximum atomic E-state index is 13.0. The quantitative estimate of drug-likeness (QED) is 0.350. The molecule has 0 bridgehead atoms. The number of benzene rings is 1. The van der Waals surface area contributed by atoms with Gasteiger partial charge in [0.05, 0.1) is 11.3 Å². The number of aromatic amines is 1. The summed E-state index contributed by atoms with van der Waals surface area (Å²) >= 11 is 0. The second-order valence-corrected chi connectivity index (χ2v) is 8.47. The van der Waals surface area contributed by atoms with Gasteiger partial charge in [-0.25, -0.2) is 0 Å². The van der Waals surface area contributed by atoms with Gasteiger partial charge in [-0.1, -0.05) is 13.8 Å². The van der Waals surface area contributed by atoms with Crippen LogP contribution in [0.2, 0.25) is 0 Å². The van der Waals surface area contributed by atoms with E-state index in [0.717, 1.165) is 16.5 Å². The van der Waals surface area contributed by atoms with Gasteiger partial charge in [0, 0.05) is 56.6 Å². The number of allylic oxidation sites excluding steroid dienone is 1. The molecule has 6 N–H and O–H groups in total. The molecule has 34 heavy (non-hydrogen) atoms. The van der Waals surface area contributed by atoms with E-state index in [4.69, 9.17) is 10.1 Å². The Morgan fingerprint density at radius 1 is 1.24 bits per heavy atom. The standard InChI is InChI=1S/C25H32N4O2.CH5N.H2O.H2/c1-15(2)18(5)29(7)25(30)21-14-27-24(17(21)4)23(10-11-26)31-20-8-9-22-19(13-20)12-16(3)28(22)6;1-2;;/h8-15,18,26-27H,1-7H3;2H2,1H3;1H2;1H/b23-10+,26-11?;;;/t18-;;;/m0.../s1. The first-order chi connectivity index (χ1) is 15.6. The van der Waals surface area contributed by atoms with Gasteiger partial charge in [-0.3, -0.25) is 4.79 Å². The Morgan fingerprint density at radius 3 is 2.47 bits per heavy atom. The third-order valence-corrected chi connectivity index (χ3v) is 6.23. The fourth-order valence-electron chi connectivity index (χ4n) is 3.70. The van der Waals surface area contributed by atoms with E-state index in [9.17, 15) is 4.79 Å². The van der Waals surface area contributed by atoms with Crippen LogP contribution in [-0.2, 0) is 7.05 Å². The van der Waals surface area contributed by atoms with E-state index in [1.807, 2.05) is 39.2 Å². The lowest BCUT2D eigenvalue weighted by atomic mass is 10.0. The third-order valence-electron chi connectivity index (χ3n) is 6.23. The van der Waals surface area contributed by atoms with Crippen molar-refractivity contribution < 1.29 is 16.4 Å². The molecule has 2 aromatic heterocycles. The summed E-state index contributed by atoms with van der Waals surface area (Å²) in [7, 11) is 5.37. The molecule has 0 saturated heterocycles. The Bertz CT molecular complexity index is 1160. The van der Waals surface area contributed by atoms with Crippen LogP contribution in [-0.4, -0.2) is 52.2 Å². The van der Waals surface area contributed by atoms with Gasteiger partial charge in [-0.2, -0.15) is 0 Å². The van der Waals surface area contributed by atoms with Crippen LogP contribution in [0.4, 0.5) is 0 Å². The van der Waals surface area contributed by atoms with Crippen molar-refractivity contribution in [2.75, 3.05) is 14.1 Å². The van der Waals surface area contributed by atoms with Crippen LogP contribution in [0.25, 0.3) is 16.7 Å². The minimum Gasteiger partial charge on any atom is -0.455 e. The number of hydrogen-bond donors (Lipinski definition) is 3. The minimum absolute atomic E-state index is 0. The molecule has 8 heteroatoms. The topological polar surface area (TPSA) is 132 Å². The molecule has 0 saturated carbocycles. The van der Waals surface area contributed by atoms with E-state index in [1.54, 1.807) is 17.2 Å². The highest BCUT2D eigenvalue weighted by Gasteiger charge is 2.24. The predicted molar refractivity (Wildman–Crippen MR) is 143 cm³/mol. The number of nitrogens with two attached hydrogens (primary N) is 1. The van der Waals surface area contributed by atoms with Crippen LogP contribution in [0.1, 0.15) is 49.5 Å². The van der Waals surface area contributed by atoms with E-state index in [2.05, 4.69) is 49.0 Å². The fraction of sp³-hybridized carbons (Fsp3) is 0.385. The van der Waals surface area contributed by atoms with Crippen molar-refractivity contribution in [1.82, 2.24) is 14.5 Å². The average Bonchev–Trinajstić information content (AvgIpc) is 3.32. The summed E-state index contributed by atoms with van der Waals surface area (Å²) in [6, 6.07) is 8.17. The Hall–Kier alpha value is -3.36. The molecule has 0 aliphatic carbocycles. The molecule has 0 spiro atoms. The summed E-state index contributed by atoms with van der Waals surface area (Å²) in [5, 5.41) is 8.66. The smallest absolute Gasteiger partial charge is 0.255 e. The van der Waals surface area contributed by atoms with Gasteiger partial charge < -0.3 is 35.8 Å². The van der Waals surface area contributed by atoms with Gasteiger partial charge in [0.25, 0.3) is 5.91 Å². The van der Waals surface area contributed by atoms with Crippen molar-refractivity contribution in [3.8, 4) is 5.75 Å². The number of ether oxygens (including phenoxy) is 1. The average molecular weight is 472 g/mol. The second-order valence-electron chi connectivity index (χ2n) is 8.47. The first-order valence-electron chi connectivity index (χ1n) is 11.1. The molecule has 188 valence electrons. The van der Waals surface area contributed by atoms with Crippen molar-refractivity contribution in [3.63, 3.8) is 0 Å². The van der Waals surface area contributed by atoms with E-state index in [-0.39, 0.29) is 18.9 Å². The van der Waals surface area contributed by atoms with Gasteiger partial charge >= 0.3 is 0 Å². The zero-order chi connectivity index (χ0) is 24.9. The van der Waals surface area contributed by atoms with E-state index >= 15 is 0 Å². The lowest BCUT2D eigenvalue weighted by molar-refractivity contribution is 0.0706. The SMILES string of the molecule is CN.Cc1c(C(=O)N(C)[C@@H](C)C(C)C)c[nH]c1/C(=C\C=N)Oc1ccc2c(c1)cc(C)n2C.O.[HH]. The number of aryl methyl sites for hydroxylation is 2. The highest BCUT2D eigenvalue weighted by atomic mass is 16.5. The van der Waals surface area contributed by atoms with Gasteiger partial charge in [0.15, 0.2) is 5.76 Å². The molecule has 8 nitrogen and oxygen atoms in total. The maximum Gasteiger partial charge on any atom is 0.255 e. The zero-order valence-corrected chi connectivity index (χ0v) is 21.5. The van der Waals surface area contributed by atoms with Crippen molar-refractivity contribution >= 4 is 28.8 Å². The molecule has 0 unspecified atom stereocenters. The summed E-state index contributed by atoms with van der Waals surface area (Å²) in [5.74, 6) is 1.51. The number of aromatic nitrogens is 2. The summed E-state index contributed by atoms with van der Waals surface area (Å²) < 4.78 is 8.30. The maximum absolute atomic E-state index is 13.0. The number of nitrogens with one attached hydrogen (secondary N) is 2. The molecule has 3 rings (SSSR count). The highest BCUT2D eigenvalue weighted by Crippen LogP contribution is 2.29. The number of fused-ring (bicyclic) bond motifs is 1. The first-order valence-corrected chi connectivity index (χ1v) is 11.1. The summed E-state index contributed by atoms with van der Waals surface area (Å²) in [5.41, 5.74) is 8.91. The molecule has 1 amide bonds. The molecule has 0 aliphatic rings. The minimum atomic E-state index is -0.0309. The van der Waals surface area contributed by atoms with Crippen molar-refractivity contribution in [3.05, 3.63) is 59.1 Å². The number of amides is 1. The van der Waals surface area contributed by atoms with Crippen molar-refractivity contribution in [2.24, 2.45) is 18.7 Å². The number of rotatable bonds is 7. The fourth-order valence-corrected chi connectivity index (χ4v) is 3.70. The molecular weight excluding hydrogens is 430 g/mol. The summed E-state index contributed by atoms with van der Waals surface area (Å²) in [4.78, 5) is 18.0. The molecule has 0 aliphatic heterocycles. The molecule has 2 heterocycles. The molecular formula is C26H41N5O3. The number of nitrogens with zero attached hydrogens (tertiary/aromatic N) is 2. The van der Waals surface area contributed by atoms with Crippen LogP contribution in [0.15, 0.2) is 36.5 Å². The summed E-state index contributed by atoms with van der Waals surface area (Å²) in [6.07, 6.45) is 4.50. The van der Waals surface area contributed by atoms with Crippen LogP contribution < -0.4 is 10.5 Å². The Balaban J connectivity index is 0.00000282. The van der Waals surface area contributed by atoms with E-state index in [1.165, 1.54) is 19.0 Å². The monoisotopic (exact) mass is 471 g/mol. The first kappa shape index (κ1) is 28.7. The highest BCUT2D eigenvalue weighted by molar-refractivity contribution is 5.97. The molecule has 0 radical (unpaired) electrons. The lowest BCUT2D eigenvalue weighted by Gasteiger charge is -2.28. The Labute approximate surface area is 203 Å². The lowest BCUT2D eigenvalue weighted by Crippen LogP contribution is -2.38. The van der Waals surface area contributed by atoms with Crippen molar-refractivity contribution in [2.45, 2.75) is 40.7 Å². The van der Waals surface area contributed by atoms with Crippen molar-refractivity contribution in [1.29, 1.82) is 5.41 Å². The second kappa shape index (κ2) is 12.2. The van der Waals surface area contributed by atoms with E-state index < -0.39 is 0 Å². The van der Waals surface area contributed by atoms with E-state index in [0.29, 0.717) is 28.7 Å². The normalized spacial score (nSPS) is 12.0. The number of hydrogen-bond acceptors (Lipinski definition) is 4. The van der Waals surface area contributed by atoms with Gasteiger partial charge in [-0.05, 0) is 63.6 Å². The molecule has 0 fully saturated rings.